The van der Waals surface area contributed by atoms with Gasteiger partial charge < -0.3 is 10.2 Å². The molecule has 0 aliphatic carbocycles. The van der Waals surface area contributed by atoms with Crippen LogP contribution in [0, 0.1) is 0 Å². The van der Waals surface area contributed by atoms with Gasteiger partial charge in [0.2, 0.25) is 11.8 Å². The highest BCUT2D eigenvalue weighted by Crippen LogP contribution is 2.20. The molecule has 21 heavy (non-hydrogen) atoms. The standard InChI is InChI=1S/C15H21BrN2O2S/c1-15(2,3)17-13(19)9-18(4)14(20)10-21-12-7-5-11(16)6-8-12/h5-8H,9-10H2,1-4H3,(H,17,19). The highest BCUT2D eigenvalue weighted by molar-refractivity contribution is 9.10. The molecule has 0 saturated heterocycles. The average molecular weight is 373 g/mol. The molecule has 0 fully saturated rings. The van der Waals surface area contributed by atoms with Crippen LogP contribution in [-0.2, 0) is 9.59 Å². The zero-order chi connectivity index (χ0) is 16.0. The lowest BCUT2D eigenvalue weighted by atomic mass is 10.1. The highest BCUT2D eigenvalue weighted by Gasteiger charge is 2.17. The third kappa shape index (κ3) is 7.52. The van der Waals surface area contributed by atoms with Gasteiger partial charge in [-0.25, -0.2) is 0 Å². The Hall–Kier alpha value is -1.01. The maximum Gasteiger partial charge on any atom is 0.240 e. The van der Waals surface area contributed by atoms with Gasteiger partial charge in [-0.15, -0.1) is 11.8 Å². The van der Waals surface area contributed by atoms with E-state index in [1.54, 1.807) is 7.05 Å². The van der Waals surface area contributed by atoms with Crippen LogP contribution in [0.25, 0.3) is 0 Å². The van der Waals surface area contributed by atoms with Crippen molar-refractivity contribution in [2.75, 3.05) is 19.3 Å². The zero-order valence-electron chi connectivity index (χ0n) is 12.8. The number of hydrogen-bond donors (Lipinski definition) is 1. The lowest BCUT2D eigenvalue weighted by molar-refractivity contribution is -0.133. The highest BCUT2D eigenvalue weighted by atomic mass is 79.9. The van der Waals surface area contributed by atoms with Crippen LogP contribution in [-0.4, -0.2) is 41.6 Å². The van der Waals surface area contributed by atoms with Crippen molar-refractivity contribution in [2.24, 2.45) is 0 Å². The summed E-state index contributed by atoms with van der Waals surface area (Å²) in [4.78, 5) is 26.2. The Morgan fingerprint density at radius 2 is 1.81 bits per heavy atom. The van der Waals surface area contributed by atoms with Gasteiger partial charge in [0.15, 0.2) is 0 Å². The number of carbonyl (C=O) groups excluding carboxylic acids is 2. The quantitative estimate of drug-likeness (QED) is 0.808. The van der Waals surface area contributed by atoms with Gasteiger partial charge in [-0.05, 0) is 45.0 Å². The summed E-state index contributed by atoms with van der Waals surface area (Å²) in [7, 11) is 1.65. The van der Waals surface area contributed by atoms with Crippen molar-refractivity contribution in [1.82, 2.24) is 10.2 Å². The van der Waals surface area contributed by atoms with Crippen molar-refractivity contribution < 1.29 is 9.59 Å². The molecular weight excluding hydrogens is 352 g/mol. The number of nitrogens with one attached hydrogen (secondary N) is 1. The molecule has 6 heteroatoms. The molecule has 116 valence electrons. The molecule has 0 aromatic heterocycles. The van der Waals surface area contributed by atoms with Crippen LogP contribution < -0.4 is 5.32 Å². The van der Waals surface area contributed by atoms with Crippen LogP contribution in [0.5, 0.6) is 0 Å². The third-order valence-corrected chi connectivity index (χ3v) is 4.02. The molecule has 1 aromatic carbocycles. The summed E-state index contributed by atoms with van der Waals surface area (Å²) in [6, 6.07) is 7.78. The van der Waals surface area contributed by atoms with E-state index < -0.39 is 0 Å². The van der Waals surface area contributed by atoms with E-state index in [1.165, 1.54) is 16.7 Å². The van der Waals surface area contributed by atoms with Crippen LogP contribution in [0.2, 0.25) is 0 Å². The van der Waals surface area contributed by atoms with E-state index in [0.29, 0.717) is 5.75 Å². The van der Waals surface area contributed by atoms with Gasteiger partial charge in [0.1, 0.15) is 0 Å². The molecular formula is C15H21BrN2O2S. The molecule has 0 aliphatic rings. The second-order valence-corrected chi connectivity index (χ2v) is 7.76. The lowest BCUT2D eigenvalue weighted by Gasteiger charge is -2.23. The van der Waals surface area contributed by atoms with E-state index in [-0.39, 0.29) is 23.9 Å². The SMILES string of the molecule is CN(CC(=O)NC(C)(C)C)C(=O)CSc1ccc(Br)cc1. The summed E-state index contributed by atoms with van der Waals surface area (Å²) in [6.45, 7) is 5.82. The molecule has 2 amide bonds. The minimum Gasteiger partial charge on any atom is -0.350 e. The number of thioether (sulfide) groups is 1. The molecule has 0 radical (unpaired) electrons. The molecule has 1 N–H and O–H groups in total. The van der Waals surface area contributed by atoms with Crippen molar-refractivity contribution in [3.8, 4) is 0 Å². The maximum absolute atomic E-state index is 12.0. The second kappa shape index (κ2) is 7.84. The number of carbonyl (C=O) groups is 2. The van der Waals surface area contributed by atoms with Crippen LogP contribution in [0.15, 0.2) is 33.6 Å². The van der Waals surface area contributed by atoms with Crippen molar-refractivity contribution in [1.29, 1.82) is 0 Å². The molecule has 0 aliphatic heterocycles. The Balaban J connectivity index is 2.40. The maximum atomic E-state index is 12.0. The Bertz CT molecular complexity index is 497. The smallest absolute Gasteiger partial charge is 0.240 e. The van der Waals surface area contributed by atoms with Gasteiger partial charge in [0.25, 0.3) is 0 Å². The summed E-state index contributed by atoms with van der Waals surface area (Å²) in [5.41, 5.74) is -0.285. The van der Waals surface area contributed by atoms with Crippen LogP contribution in [0.4, 0.5) is 0 Å². The second-order valence-electron chi connectivity index (χ2n) is 5.79. The molecule has 0 bridgehead atoms. The van der Waals surface area contributed by atoms with Gasteiger partial charge >= 0.3 is 0 Å². The Kier molecular flexibility index (Phi) is 6.74. The number of likely N-dealkylation sites (N-methyl/N-ethyl adjacent to an activating group) is 1. The molecule has 0 atom stereocenters. The summed E-state index contributed by atoms with van der Waals surface area (Å²) in [6.07, 6.45) is 0. The monoisotopic (exact) mass is 372 g/mol. The largest absolute Gasteiger partial charge is 0.350 e. The summed E-state index contributed by atoms with van der Waals surface area (Å²) < 4.78 is 1.01. The first-order chi connectivity index (χ1) is 9.67. The number of amides is 2. The van der Waals surface area contributed by atoms with Crippen LogP contribution in [0.1, 0.15) is 20.8 Å². The Morgan fingerprint density at radius 3 is 2.33 bits per heavy atom. The number of rotatable bonds is 5. The first-order valence-electron chi connectivity index (χ1n) is 6.61. The molecule has 1 rings (SSSR count). The van der Waals surface area contributed by atoms with Crippen molar-refractivity contribution >= 4 is 39.5 Å². The molecule has 0 unspecified atom stereocenters. The van der Waals surface area contributed by atoms with E-state index in [2.05, 4.69) is 21.2 Å². The van der Waals surface area contributed by atoms with Gasteiger partial charge in [0, 0.05) is 22.0 Å². The fraction of sp³-hybridized carbons (Fsp3) is 0.467. The Labute approximate surface area is 138 Å². The van der Waals surface area contributed by atoms with E-state index >= 15 is 0 Å². The molecule has 0 spiro atoms. The first-order valence-corrected chi connectivity index (χ1v) is 8.38. The lowest BCUT2D eigenvalue weighted by Crippen LogP contribution is -2.46. The topological polar surface area (TPSA) is 49.4 Å². The van der Waals surface area contributed by atoms with E-state index in [9.17, 15) is 9.59 Å². The number of nitrogens with zero attached hydrogens (tertiary/aromatic N) is 1. The third-order valence-electron chi connectivity index (χ3n) is 2.50. The predicted molar refractivity (Wildman–Crippen MR) is 90.4 cm³/mol. The van der Waals surface area contributed by atoms with Gasteiger partial charge in [-0.2, -0.15) is 0 Å². The molecule has 0 heterocycles. The fourth-order valence-electron chi connectivity index (χ4n) is 1.55. The number of benzene rings is 1. The summed E-state index contributed by atoms with van der Waals surface area (Å²) in [5.74, 6) is 0.111. The van der Waals surface area contributed by atoms with Crippen molar-refractivity contribution in [2.45, 2.75) is 31.2 Å². The van der Waals surface area contributed by atoms with Crippen LogP contribution in [0.3, 0.4) is 0 Å². The van der Waals surface area contributed by atoms with E-state index in [0.717, 1.165) is 9.37 Å². The number of hydrogen-bond acceptors (Lipinski definition) is 3. The van der Waals surface area contributed by atoms with Gasteiger partial charge in [0.05, 0.1) is 12.3 Å². The Morgan fingerprint density at radius 1 is 1.24 bits per heavy atom. The van der Waals surface area contributed by atoms with Gasteiger partial charge in [-0.3, -0.25) is 9.59 Å². The van der Waals surface area contributed by atoms with E-state index in [1.807, 2.05) is 45.0 Å². The van der Waals surface area contributed by atoms with Crippen molar-refractivity contribution in [3.63, 3.8) is 0 Å². The average Bonchev–Trinajstić information content (AvgIpc) is 2.35. The fourth-order valence-corrected chi connectivity index (χ4v) is 2.65. The summed E-state index contributed by atoms with van der Waals surface area (Å²) >= 11 is 4.83. The minimum atomic E-state index is -0.285. The summed E-state index contributed by atoms with van der Waals surface area (Å²) in [5, 5.41) is 2.84. The minimum absolute atomic E-state index is 0.0630. The molecule has 1 aromatic rings. The molecule has 4 nitrogen and oxygen atoms in total. The normalized spacial score (nSPS) is 11.1. The zero-order valence-corrected chi connectivity index (χ0v) is 15.2. The van der Waals surface area contributed by atoms with E-state index in [4.69, 9.17) is 0 Å². The first kappa shape index (κ1) is 18.0. The molecule has 0 saturated carbocycles. The van der Waals surface area contributed by atoms with Crippen LogP contribution >= 0.6 is 27.7 Å². The van der Waals surface area contributed by atoms with Gasteiger partial charge in [-0.1, -0.05) is 15.9 Å². The predicted octanol–water partition coefficient (Wildman–Crippen LogP) is 2.91. The number of halogens is 1. The van der Waals surface area contributed by atoms with Crippen molar-refractivity contribution in [3.05, 3.63) is 28.7 Å².